The molecule has 0 N–H and O–H groups in total. The van der Waals surface area contributed by atoms with Crippen LogP contribution in [-0.4, -0.2) is 53.0 Å². The van der Waals surface area contributed by atoms with Crippen molar-refractivity contribution in [2.45, 2.75) is 19.6 Å². The molecule has 8 heteroatoms. The maximum atomic E-state index is 12.8. The number of nitrogens with zero attached hydrogens (tertiary/aromatic N) is 4. The van der Waals surface area contributed by atoms with E-state index in [1.54, 1.807) is 25.3 Å². The number of rotatable bonds is 6. The van der Waals surface area contributed by atoms with Gasteiger partial charge in [0.1, 0.15) is 6.10 Å². The average molecular weight is 420 g/mol. The van der Waals surface area contributed by atoms with Gasteiger partial charge in [0, 0.05) is 55.7 Å². The standard InChI is InChI=1S/C23H24N4O4/c1-17(31-16-18-5-3-2-4-6-18)23(28)26-13-11-25(12-14-26)21-7-8-22(27(29)30)20-15-24-10-9-19(20)21/h2-10,15,17H,11-14,16H2,1H3. The largest absolute Gasteiger partial charge is 0.367 e. The van der Waals surface area contributed by atoms with Crippen LogP contribution in [0, 0.1) is 10.1 Å². The third-order valence-corrected chi connectivity index (χ3v) is 5.59. The van der Waals surface area contributed by atoms with Crippen LogP contribution >= 0.6 is 0 Å². The van der Waals surface area contributed by atoms with Crippen LogP contribution in [0.2, 0.25) is 0 Å². The molecule has 1 aromatic heterocycles. The van der Waals surface area contributed by atoms with Crippen molar-refractivity contribution in [1.29, 1.82) is 0 Å². The molecular formula is C23H24N4O4. The predicted octanol–water partition coefficient (Wildman–Crippen LogP) is 3.40. The highest BCUT2D eigenvalue weighted by Gasteiger charge is 2.27. The Morgan fingerprint density at radius 2 is 1.84 bits per heavy atom. The molecule has 1 aliphatic rings. The molecule has 8 nitrogen and oxygen atoms in total. The monoisotopic (exact) mass is 420 g/mol. The van der Waals surface area contributed by atoms with E-state index in [4.69, 9.17) is 4.74 Å². The summed E-state index contributed by atoms with van der Waals surface area (Å²) in [5.41, 5.74) is 2.00. The topological polar surface area (TPSA) is 88.8 Å². The number of amides is 1. The minimum atomic E-state index is -0.516. The summed E-state index contributed by atoms with van der Waals surface area (Å²) in [7, 11) is 0. The first-order valence-electron chi connectivity index (χ1n) is 10.2. The van der Waals surface area contributed by atoms with Crippen molar-refractivity contribution in [3.8, 4) is 0 Å². The molecule has 0 spiro atoms. The van der Waals surface area contributed by atoms with Gasteiger partial charge in [-0.2, -0.15) is 0 Å². The van der Waals surface area contributed by atoms with Crippen LogP contribution in [0.25, 0.3) is 10.8 Å². The Bertz CT molecular complexity index is 1080. The Morgan fingerprint density at radius 1 is 1.10 bits per heavy atom. The smallest absolute Gasteiger partial charge is 0.278 e. The Kier molecular flexibility index (Phi) is 6.08. The summed E-state index contributed by atoms with van der Waals surface area (Å²) in [6, 6.07) is 14.9. The number of pyridine rings is 1. The highest BCUT2D eigenvalue weighted by atomic mass is 16.6. The van der Waals surface area contributed by atoms with E-state index in [-0.39, 0.29) is 16.5 Å². The van der Waals surface area contributed by atoms with Gasteiger partial charge in [-0.3, -0.25) is 19.9 Å². The number of aromatic nitrogens is 1. The van der Waals surface area contributed by atoms with Crippen LogP contribution in [0.15, 0.2) is 60.9 Å². The number of hydrogen-bond donors (Lipinski definition) is 0. The van der Waals surface area contributed by atoms with Crippen molar-refractivity contribution >= 4 is 28.1 Å². The first-order chi connectivity index (χ1) is 15.0. The van der Waals surface area contributed by atoms with E-state index in [0.717, 1.165) is 16.6 Å². The lowest BCUT2D eigenvalue weighted by Gasteiger charge is -2.37. The molecular weight excluding hydrogens is 396 g/mol. The van der Waals surface area contributed by atoms with Gasteiger partial charge in [0.15, 0.2) is 0 Å². The van der Waals surface area contributed by atoms with Crippen molar-refractivity contribution in [2.24, 2.45) is 0 Å². The molecule has 0 aliphatic carbocycles. The van der Waals surface area contributed by atoms with Gasteiger partial charge >= 0.3 is 0 Å². The molecule has 1 saturated heterocycles. The fourth-order valence-electron chi connectivity index (χ4n) is 3.89. The first-order valence-corrected chi connectivity index (χ1v) is 10.2. The molecule has 0 radical (unpaired) electrons. The number of nitro groups is 1. The zero-order valence-electron chi connectivity index (χ0n) is 17.3. The second-order valence-corrected chi connectivity index (χ2v) is 7.53. The molecule has 1 fully saturated rings. The van der Waals surface area contributed by atoms with Gasteiger partial charge in [0.2, 0.25) is 0 Å². The fraction of sp³-hybridized carbons (Fsp3) is 0.304. The minimum Gasteiger partial charge on any atom is -0.367 e. The summed E-state index contributed by atoms with van der Waals surface area (Å²) in [5.74, 6) is -0.0201. The first kappa shape index (κ1) is 20.7. The molecule has 160 valence electrons. The lowest BCUT2D eigenvalue weighted by molar-refractivity contribution is -0.383. The number of anilines is 1. The van der Waals surface area contributed by atoms with E-state index >= 15 is 0 Å². The fourth-order valence-corrected chi connectivity index (χ4v) is 3.89. The summed E-state index contributed by atoms with van der Waals surface area (Å²) in [5, 5.41) is 12.7. The van der Waals surface area contributed by atoms with Crippen LogP contribution in [0.4, 0.5) is 11.4 Å². The lowest BCUT2D eigenvalue weighted by Crippen LogP contribution is -2.51. The lowest BCUT2D eigenvalue weighted by atomic mass is 10.1. The van der Waals surface area contributed by atoms with Gasteiger partial charge < -0.3 is 14.5 Å². The average Bonchev–Trinajstić information content (AvgIpc) is 2.82. The number of benzene rings is 2. The van der Waals surface area contributed by atoms with Crippen LogP contribution in [-0.2, 0) is 16.1 Å². The van der Waals surface area contributed by atoms with Crippen LogP contribution < -0.4 is 4.90 Å². The second kappa shape index (κ2) is 9.09. The number of nitro benzene ring substituents is 1. The van der Waals surface area contributed by atoms with E-state index in [1.807, 2.05) is 35.2 Å². The van der Waals surface area contributed by atoms with Crippen molar-refractivity contribution in [3.05, 3.63) is 76.6 Å². The van der Waals surface area contributed by atoms with Crippen LogP contribution in [0.3, 0.4) is 0 Å². The molecule has 1 unspecified atom stereocenters. The number of ether oxygens (including phenoxy) is 1. The SMILES string of the molecule is CC(OCc1ccccc1)C(=O)N1CCN(c2ccc([N+](=O)[O-])c3cnccc23)CC1. The Morgan fingerprint density at radius 3 is 2.55 bits per heavy atom. The van der Waals surface area contributed by atoms with E-state index in [0.29, 0.717) is 38.2 Å². The quantitative estimate of drug-likeness (QED) is 0.449. The maximum Gasteiger partial charge on any atom is 0.278 e. The summed E-state index contributed by atoms with van der Waals surface area (Å²) in [6.45, 7) is 4.62. The normalized spacial score (nSPS) is 15.1. The van der Waals surface area contributed by atoms with Crippen LogP contribution in [0.1, 0.15) is 12.5 Å². The molecule has 0 bridgehead atoms. The zero-order valence-corrected chi connectivity index (χ0v) is 17.3. The second-order valence-electron chi connectivity index (χ2n) is 7.53. The molecule has 1 atom stereocenters. The van der Waals surface area contributed by atoms with Gasteiger partial charge in [0.05, 0.1) is 16.9 Å². The molecule has 1 aliphatic heterocycles. The number of carbonyl (C=O) groups is 1. The van der Waals surface area contributed by atoms with E-state index in [2.05, 4.69) is 9.88 Å². The van der Waals surface area contributed by atoms with Gasteiger partial charge in [-0.15, -0.1) is 0 Å². The minimum absolute atomic E-state index is 0.0201. The van der Waals surface area contributed by atoms with Crippen molar-refractivity contribution in [3.63, 3.8) is 0 Å². The molecule has 2 aromatic carbocycles. The summed E-state index contributed by atoms with van der Waals surface area (Å²) in [6.07, 6.45) is 2.65. The molecule has 1 amide bonds. The van der Waals surface area contributed by atoms with E-state index < -0.39 is 6.10 Å². The van der Waals surface area contributed by atoms with E-state index in [9.17, 15) is 14.9 Å². The third kappa shape index (κ3) is 4.49. The van der Waals surface area contributed by atoms with Gasteiger partial charge in [-0.25, -0.2) is 0 Å². The molecule has 0 saturated carbocycles. The molecule has 3 aromatic rings. The predicted molar refractivity (Wildman–Crippen MR) is 118 cm³/mol. The highest BCUT2D eigenvalue weighted by Crippen LogP contribution is 2.33. The maximum absolute atomic E-state index is 12.8. The van der Waals surface area contributed by atoms with E-state index in [1.165, 1.54) is 12.3 Å². The Hall–Kier alpha value is -3.52. The van der Waals surface area contributed by atoms with Crippen molar-refractivity contribution in [2.75, 3.05) is 31.1 Å². The highest BCUT2D eigenvalue weighted by molar-refractivity contribution is 5.99. The summed E-state index contributed by atoms with van der Waals surface area (Å²) < 4.78 is 5.77. The molecule has 31 heavy (non-hydrogen) atoms. The van der Waals surface area contributed by atoms with Gasteiger partial charge in [-0.05, 0) is 24.6 Å². The number of non-ortho nitro benzene ring substituents is 1. The van der Waals surface area contributed by atoms with Crippen molar-refractivity contribution < 1.29 is 14.5 Å². The molecule has 2 heterocycles. The molecule has 4 rings (SSSR count). The van der Waals surface area contributed by atoms with Crippen molar-refractivity contribution in [1.82, 2.24) is 9.88 Å². The Labute approximate surface area is 180 Å². The number of fused-ring (bicyclic) bond motifs is 1. The number of piperazine rings is 1. The zero-order chi connectivity index (χ0) is 21.8. The van der Waals surface area contributed by atoms with Gasteiger partial charge in [-0.1, -0.05) is 30.3 Å². The van der Waals surface area contributed by atoms with Gasteiger partial charge in [0.25, 0.3) is 11.6 Å². The number of hydrogen-bond acceptors (Lipinski definition) is 6. The summed E-state index contributed by atoms with van der Waals surface area (Å²) >= 11 is 0. The number of carbonyl (C=O) groups excluding carboxylic acids is 1. The third-order valence-electron chi connectivity index (χ3n) is 5.59. The van der Waals surface area contributed by atoms with Crippen LogP contribution in [0.5, 0.6) is 0 Å². The Balaban J connectivity index is 1.40. The summed E-state index contributed by atoms with van der Waals surface area (Å²) in [4.78, 5) is 31.8.